The lowest BCUT2D eigenvalue weighted by Crippen LogP contribution is -1.90. The Kier molecular flexibility index (Phi) is 3.81. The average molecular weight is 425 g/mol. The molecule has 2 heteroatoms. The standard InChI is InChI=1S/C28H18Cl2/c1-15-7-13-23(29)27-17(15)9-11-21-22-12-10-18-16(2)8-14-24(30)28(18)26(22)20-6-4-3-5-19(20)25(21)27/h3-14H,1-2H3. The summed E-state index contributed by atoms with van der Waals surface area (Å²) in [6.45, 7) is 4.29. The lowest BCUT2D eigenvalue weighted by molar-refractivity contribution is 1.54. The number of halogens is 2. The van der Waals surface area contributed by atoms with Gasteiger partial charge >= 0.3 is 0 Å². The molecule has 0 bridgehead atoms. The Hall–Kier alpha value is -2.80. The maximum atomic E-state index is 6.78. The van der Waals surface area contributed by atoms with Crippen LogP contribution >= 0.6 is 23.2 Å². The third-order valence-corrected chi connectivity index (χ3v) is 7.08. The fourth-order valence-corrected chi connectivity index (χ4v) is 5.55. The molecule has 0 atom stereocenters. The number of rotatable bonds is 0. The molecule has 6 rings (SSSR count). The topological polar surface area (TPSA) is 0 Å². The minimum Gasteiger partial charge on any atom is -0.0836 e. The van der Waals surface area contributed by atoms with E-state index in [4.69, 9.17) is 23.2 Å². The second kappa shape index (κ2) is 6.35. The van der Waals surface area contributed by atoms with E-state index in [1.165, 1.54) is 54.2 Å². The fourth-order valence-electron chi connectivity index (χ4n) is 5.03. The van der Waals surface area contributed by atoms with Crippen molar-refractivity contribution in [1.29, 1.82) is 0 Å². The first-order valence-electron chi connectivity index (χ1n) is 10.1. The van der Waals surface area contributed by atoms with Crippen molar-refractivity contribution < 1.29 is 0 Å². The summed E-state index contributed by atoms with van der Waals surface area (Å²) in [5.74, 6) is 0. The molecule has 0 aliphatic rings. The molecule has 0 spiro atoms. The van der Waals surface area contributed by atoms with Crippen molar-refractivity contribution in [2.75, 3.05) is 0 Å². The first-order chi connectivity index (χ1) is 14.6. The first kappa shape index (κ1) is 18.0. The van der Waals surface area contributed by atoms with Gasteiger partial charge in [0.1, 0.15) is 0 Å². The van der Waals surface area contributed by atoms with Gasteiger partial charge in [0.25, 0.3) is 0 Å². The first-order valence-corrected chi connectivity index (χ1v) is 10.9. The van der Waals surface area contributed by atoms with Crippen molar-refractivity contribution >= 4 is 77.1 Å². The summed E-state index contributed by atoms with van der Waals surface area (Å²) in [6.07, 6.45) is 0. The molecule has 0 fully saturated rings. The zero-order valence-corrected chi connectivity index (χ0v) is 18.2. The van der Waals surface area contributed by atoms with Crippen molar-refractivity contribution in [3.63, 3.8) is 0 Å². The number of benzene rings is 6. The predicted molar refractivity (Wildman–Crippen MR) is 133 cm³/mol. The van der Waals surface area contributed by atoms with Gasteiger partial charge in [-0.3, -0.25) is 0 Å². The SMILES string of the molecule is Cc1ccc(Cl)c2c1ccc1c3ccc4c(C)ccc(Cl)c4c3c3ccccc3c12. The highest BCUT2D eigenvalue weighted by Gasteiger charge is 2.17. The Morgan fingerprint density at radius 2 is 0.767 bits per heavy atom. The van der Waals surface area contributed by atoms with Crippen LogP contribution in [0.2, 0.25) is 10.0 Å². The molecule has 6 aromatic rings. The molecule has 0 N–H and O–H groups in total. The summed E-state index contributed by atoms with van der Waals surface area (Å²) < 4.78 is 0. The quantitative estimate of drug-likeness (QED) is 0.213. The van der Waals surface area contributed by atoms with Crippen LogP contribution < -0.4 is 0 Å². The molecular formula is C28H18Cl2. The lowest BCUT2D eigenvalue weighted by atomic mass is 9.87. The van der Waals surface area contributed by atoms with Crippen molar-refractivity contribution in [2.45, 2.75) is 13.8 Å². The van der Waals surface area contributed by atoms with Crippen LogP contribution in [0.25, 0.3) is 53.9 Å². The minimum absolute atomic E-state index is 0.792. The molecule has 0 unspecified atom stereocenters. The summed E-state index contributed by atoms with van der Waals surface area (Å²) in [5.41, 5.74) is 2.47. The molecule has 0 amide bonds. The van der Waals surface area contributed by atoms with Crippen LogP contribution in [-0.4, -0.2) is 0 Å². The highest BCUT2D eigenvalue weighted by atomic mass is 35.5. The molecule has 0 saturated carbocycles. The van der Waals surface area contributed by atoms with Crippen LogP contribution in [0.3, 0.4) is 0 Å². The van der Waals surface area contributed by atoms with E-state index in [1.807, 2.05) is 12.1 Å². The molecule has 0 aliphatic carbocycles. The van der Waals surface area contributed by atoms with Crippen LogP contribution in [0, 0.1) is 13.8 Å². The smallest absolute Gasteiger partial charge is 0.0491 e. The van der Waals surface area contributed by atoms with Crippen molar-refractivity contribution in [2.24, 2.45) is 0 Å². The molecule has 0 aliphatic heterocycles. The highest BCUT2D eigenvalue weighted by Crippen LogP contribution is 2.45. The van der Waals surface area contributed by atoms with E-state index in [0.717, 1.165) is 20.8 Å². The summed E-state index contributed by atoms with van der Waals surface area (Å²) in [4.78, 5) is 0. The van der Waals surface area contributed by atoms with E-state index < -0.39 is 0 Å². The van der Waals surface area contributed by atoms with Gasteiger partial charge in [0, 0.05) is 20.8 Å². The number of hydrogen-bond acceptors (Lipinski definition) is 0. The number of hydrogen-bond donors (Lipinski definition) is 0. The molecule has 0 nitrogen and oxygen atoms in total. The fraction of sp³-hybridized carbons (Fsp3) is 0.0714. The zero-order chi connectivity index (χ0) is 20.6. The molecule has 30 heavy (non-hydrogen) atoms. The van der Waals surface area contributed by atoms with Crippen LogP contribution in [0.15, 0.2) is 72.8 Å². The van der Waals surface area contributed by atoms with Gasteiger partial charge in [0.2, 0.25) is 0 Å². The van der Waals surface area contributed by atoms with E-state index in [0.29, 0.717) is 0 Å². The predicted octanol–water partition coefficient (Wildman–Crippen LogP) is 9.38. The molecule has 144 valence electrons. The maximum Gasteiger partial charge on any atom is 0.0491 e. The number of aryl methyl sites for hydroxylation is 2. The third-order valence-electron chi connectivity index (χ3n) is 6.45. The Balaban J connectivity index is 2.04. The highest BCUT2D eigenvalue weighted by molar-refractivity contribution is 6.45. The molecule has 0 aromatic heterocycles. The Morgan fingerprint density at radius 1 is 0.400 bits per heavy atom. The second-order valence-electron chi connectivity index (χ2n) is 8.10. The molecule has 0 heterocycles. The minimum atomic E-state index is 0.792. The van der Waals surface area contributed by atoms with E-state index in [-0.39, 0.29) is 0 Å². The van der Waals surface area contributed by atoms with Gasteiger partial charge in [0.15, 0.2) is 0 Å². The van der Waals surface area contributed by atoms with Crippen LogP contribution in [0.5, 0.6) is 0 Å². The summed E-state index contributed by atoms with van der Waals surface area (Å²) in [7, 11) is 0. The van der Waals surface area contributed by atoms with Gasteiger partial charge in [-0.15, -0.1) is 0 Å². The van der Waals surface area contributed by atoms with Crippen molar-refractivity contribution in [1.82, 2.24) is 0 Å². The monoisotopic (exact) mass is 424 g/mol. The maximum absolute atomic E-state index is 6.78. The Morgan fingerprint density at radius 3 is 1.20 bits per heavy atom. The Labute approximate surface area is 184 Å². The van der Waals surface area contributed by atoms with Crippen LogP contribution in [0.1, 0.15) is 11.1 Å². The lowest BCUT2D eigenvalue weighted by Gasteiger charge is -2.17. The van der Waals surface area contributed by atoms with Gasteiger partial charge in [-0.1, -0.05) is 83.9 Å². The summed E-state index contributed by atoms with van der Waals surface area (Å²) >= 11 is 13.6. The van der Waals surface area contributed by atoms with Gasteiger partial charge in [-0.25, -0.2) is 0 Å². The average Bonchev–Trinajstić information content (AvgIpc) is 2.77. The Bertz CT molecular complexity index is 1530. The van der Waals surface area contributed by atoms with Gasteiger partial charge in [0.05, 0.1) is 0 Å². The van der Waals surface area contributed by atoms with Crippen LogP contribution in [0.4, 0.5) is 0 Å². The molecule has 0 radical (unpaired) electrons. The van der Waals surface area contributed by atoms with Crippen molar-refractivity contribution in [3.05, 3.63) is 94.0 Å². The van der Waals surface area contributed by atoms with Crippen molar-refractivity contribution in [3.8, 4) is 0 Å². The van der Waals surface area contributed by atoms with E-state index in [9.17, 15) is 0 Å². The normalized spacial score (nSPS) is 12.0. The third kappa shape index (κ3) is 2.29. The van der Waals surface area contributed by atoms with Gasteiger partial charge < -0.3 is 0 Å². The number of fused-ring (bicyclic) bond motifs is 10. The van der Waals surface area contributed by atoms with E-state index >= 15 is 0 Å². The van der Waals surface area contributed by atoms with Crippen LogP contribution in [-0.2, 0) is 0 Å². The van der Waals surface area contributed by atoms with E-state index in [2.05, 4.69) is 74.5 Å². The van der Waals surface area contributed by atoms with E-state index in [1.54, 1.807) is 0 Å². The molecule has 0 saturated heterocycles. The largest absolute Gasteiger partial charge is 0.0836 e. The van der Waals surface area contributed by atoms with Gasteiger partial charge in [-0.05, 0) is 80.2 Å². The summed E-state index contributed by atoms with van der Waals surface area (Å²) in [5, 5.41) is 13.5. The second-order valence-corrected chi connectivity index (χ2v) is 8.91. The summed E-state index contributed by atoms with van der Waals surface area (Å²) in [6, 6.07) is 25.7. The van der Waals surface area contributed by atoms with Gasteiger partial charge in [-0.2, -0.15) is 0 Å². The zero-order valence-electron chi connectivity index (χ0n) is 16.7. The molecular weight excluding hydrogens is 407 g/mol. The molecule has 6 aromatic carbocycles.